The molecule has 0 unspecified atom stereocenters. The highest BCUT2D eigenvalue weighted by molar-refractivity contribution is 7.92. The zero-order chi connectivity index (χ0) is 38.1. The molecule has 0 saturated heterocycles. The Labute approximate surface area is 319 Å². The van der Waals surface area contributed by atoms with Gasteiger partial charge in [0.1, 0.15) is 12.2 Å². The average molecular weight is 756 g/mol. The van der Waals surface area contributed by atoms with Gasteiger partial charge in [0.15, 0.2) is 5.82 Å². The molecule has 0 spiro atoms. The maximum atomic E-state index is 14.0. The first-order valence-electron chi connectivity index (χ1n) is 19.1. The van der Waals surface area contributed by atoms with Crippen molar-refractivity contribution in [1.82, 2.24) is 20.4 Å². The fourth-order valence-corrected chi connectivity index (χ4v) is 8.20. The number of carbonyl (C=O) groups is 2. The van der Waals surface area contributed by atoms with E-state index in [4.69, 9.17) is 9.47 Å². The van der Waals surface area contributed by atoms with E-state index in [1.807, 2.05) is 60.7 Å². The van der Waals surface area contributed by atoms with Crippen LogP contribution in [0, 0.1) is 0 Å². The predicted octanol–water partition coefficient (Wildman–Crippen LogP) is 6.88. The summed E-state index contributed by atoms with van der Waals surface area (Å²) < 4.78 is 43.4. The van der Waals surface area contributed by atoms with Gasteiger partial charge in [-0.2, -0.15) is 5.10 Å². The van der Waals surface area contributed by atoms with Crippen molar-refractivity contribution in [2.75, 3.05) is 4.72 Å². The van der Waals surface area contributed by atoms with Crippen LogP contribution in [0.1, 0.15) is 99.3 Å². The molecule has 3 aromatic carbocycles. The summed E-state index contributed by atoms with van der Waals surface area (Å²) in [4.78, 5) is 27.7. The van der Waals surface area contributed by atoms with Crippen LogP contribution in [0.15, 0.2) is 95.9 Å². The topological polar surface area (TPSA) is 141 Å². The van der Waals surface area contributed by atoms with Crippen molar-refractivity contribution >= 4 is 27.7 Å². The highest BCUT2D eigenvalue weighted by Crippen LogP contribution is 2.27. The summed E-state index contributed by atoms with van der Waals surface area (Å²) in [6, 6.07) is 27.4. The summed E-state index contributed by atoms with van der Waals surface area (Å²) in [5.41, 5.74) is 3.03. The molecule has 2 aliphatic carbocycles. The monoisotopic (exact) mass is 755 g/mol. The van der Waals surface area contributed by atoms with E-state index in [9.17, 15) is 18.0 Å². The van der Waals surface area contributed by atoms with Gasteiger partial charge in [0.2, 0.25) is 5.91 Å². The molecule has 12 heteroatoms. The highest BCUT2D eigenvalue weighted by Gasteiger charge is 2.31. The van der Waals surface area contributed by atoms with Crippen LogP contribution in [0.2, 0.25) is 0 Å². The summed E-state index contributed by atoms with van der Waals surface area (Å²) in [6.07, 6.45) is 6.66. The first kappa shape index (κ1) is 39.2. The van der Waals surface area contributed by atoms with Gasteiger partial charge in [0.25, 0.3) is 15.9 Å². The summed E-state index contributed by atoms with van der Waals surface area (Å²) in [7, 11) is -4.06. The number of ether oxygens (including phenoxy) is 2. The molecule has 3 N–H and O–H groups in total. The summed E-state index contributed by atoms with van der Waals surface area (Å²) in [5.74, 6) is -0.867. The number of aromatic nitrogens is 2. The van der Waals surface area contributed by atoms with E-state index in [1.165, 1.54) is 10.7 Å². The lowest BCUT2D eigenvalue weighted by Gasteiger charge is -2.32. The maximum absolute atomic E-state index is 14.0. The standard InChI is InChI=1S/C42H53N5O6S/c1-42(2,3)32-22-24-33(25-23-32)54(50,51)46-39-26-36(41(49)44-35-19-11-13-21-38(35)53-29-31-16-8-5-9-17-31)47(45-39)27-40(48)43-34-18-10-12-20-37(34)52-28-30-14-6-4-7-15-30/h4-9,14-17,22-26,34-35,37-38H,10-13,18-21,27-29H2,1-3H3,(H,43,48)(H,44,49)(H,45,46)/t34-,35-,37-,38-/m0/s1. The zero-order valence-electron chi connectivity index (χ0n) is 31.5. The molecule has 2 saturated carbocycles. The first-order chi connectivity index (χ1) is 25.9. The molecule has 54 heavy (non-hydrogen) atoms. The Morgan fingerprint density at radius 1 is 0.741 bits per heavy atom. The zero-order valence-corrected chi connectivity index (χ0v) is 32.3. The Hall–Kier alpha value is -4.52. The molecule has 1 heterocycles. The van der Waals surface area contributed by atoms with Crippen molar-refractivity contribution in [1.29, 1.82) is 0 Å². The van der Waals surface area contributed by atoms with E-state index in [-0.39, 0.29) is 58.6 Å². The molecule has 0 bridgehead atoms. The molecule has 2 fully saturated rings. The number of hydrogen-bond acceptors (Lipinski definition) is 7. The number of carbonyl (C=O) groups excluding carboxylic acids is 2. The second-order valence-electron chi connectivity index (χ2n) is 15.4. The largest absolute Gasteiger partial charge is 0.371 e. The normalized spacial score (nSPS) is 20.6. The average Bonchev–Trinajstić information content (AvgIpc) is 3.55. The lowest BCUT2D eigenvalue weighted by Crippen LogP contribution is -2.48. The van der Waals surface area contributed by atoms with Crippen LogP contribution in [-0.4, -0.2) is 54.3 Å². The van der Waals surface area contributed by atoms with Crippen LogP contribution in [-0.2, 0) is 49.5 Å². The minimum Gasteiger partial charge on any atom is -0.371 e. The Balaban J connectivity index is 1.19. The number of nitrogens with one attached hydrogen (secondary N) is 3. The van der Waals surface area contributed by atoms with Crippen LogP contribution >= 0.6 is 0 Å². The second kappa shape index (κ2) is 17.7. The third kappa shape index (κ3) is 10.6. The third-order valence-electron chi connectivity index (χ3n) is 10.3. The van der Waals surface area contributed by atoms with Gasteiger partial charge in [-0.05, 0) is 59.9 Å². The lowest BCUT2D eigenvalue weighted by atomic mass is 9.87. The summed E-state index contributed by atoms with van der Waals surface area (Å²) in [6.45, 7) is 6.76. The third-order valence-corrected chi connectivity index (χ3v) is 11.6. The molecule has 0 aliphatic heterocycles. The van der Waals surface area contributed by atoms with Crippen molar-refractivity contribution in [2.45, 2.75) is 126 Å². The van der Waals surface area contributed by atoms with Gasteiger partial charge < -0.3 is 20.1 Å². The van der Waals surface area contributed by atoms with E-state index in [1.54, 1.807) is 24.3 Å². The van der Waals surface area contributed by atoms with Crippen molar-refractivity contribution in [3.8, 4) is 0 Å². The second-order valence-corrected chi connectivity index (χ2v) is 17.1. The fraction of sp³-hybridized carbons (Fsp3) is 0.452. The van der Waals surface area contributed by atoms with Gasteiger partial charge in [0, 0.05) is 6.07 Å². The number of hydrogen-bond donors (Lipinski definition) is 3. The molecular formula is C42H53N5O6S. The van der Waals surface area contributed by atoms with Crippen LogP contribution in [0.4, 0.5) is 5.82 Å². The Morgan fingerprint density at radius 3 is 1.80 bits per heavy atom. The number of nitrogens with zero attached hydrogens (tertiary/aromatic N) is 2. The molecule has 0 radical (unpaired) electrons. The van der Waals surface area contributed by atoms with Crippen LogP contribution in [0.25, 0.3) is 0 Å². The van der Waals surface area contributed by atoms with Crippen LogP contribution < -0.4 is 15.4 Å². The molecule has 4 aromatic rings. The van der Waals surface area contributed by atoms with Crippen LogP contribution in [0.5, 0.6) is 0 Å². The minimum absolute atomic E-state index is 0.0601. The molecule has 11 nitrogen and oxygen atoms in total. The molecule has 288 valence electrons. The molecule has 2 aliphatic rings. The van der Waals surface area contributed by atoms with Gasteiger partial charge >= 0.3 is 0 Å². The lowest BCUT2D eigenvalue weighted by molar-refractivity contribution is -0.124. The van der Waals surface area contributed by atoms with Crippen molar-refractivity contribution in [3.05, 3.63) is 113 Å². The molecule has 2 amide bonds. The number of amides is 2. The van der Waals surface area contributed by atoms with Crippen LogP contribution in [0.3, 0.4) is 0 Å². The number of rotatable bonds is 14. The number of sulfonamides is 1. The van der Waals surface area contributed by atoms with E-state index in [0.29, 0.717) is 13.2 Å². The maximum Gasteiger partial charge on any atom is 0.269 e. The van der Waals surface area contributed by atoms with Crippen molar-refractivity contribution < 1.29 is 27.5 Å². The van der Waals surface area contributed by atoms with E-state index >= 15 is 0 Å². The van der Waals surface area contributed by atoms with Gasteiger partial charge in [-0.3, -0.25) is 14.3 Å². The summed E-state index contributed by atoms with van der Waals surface area (Å²) >= 11 is 0. The van der Waals surface area contributed by atoms with Gasteiger partial charge in [-0.15, -0.1) is 0 Å². The summed E-state index contributed by atoms with van der Waals surface area (Å²) in [5, 5.41) is 10.7. The first-order valence-corrected chi connectivity index (χ1v) is 20.6. The van der Waals surface area contributed by atoms with Gasteiger partial charge in [0.05, 0.1) is 42.4 Å². The van der Waals surface area contributed by atoms with Crippen molar-refractivity contribution in [3.63, 3.8) is 0 Å². The molecular weight excluding hydrogens is 703 g/mol. The molecule has 4 atom stereocenters. The van der Waals surface area contributed by atoms with E-state index in [0.717, 1.165) is 68.1 Å². The van der Waals surface area contributed by atoms with Gasteiger partial charge in [-0.25, -0.2) is 13.1 Å². The minimum atomic E-state index is -4.06. The molecule has 6 rings (SSSR count). The SMILES string of the molecule is CC(C)(C)c1ccc(S(=O)(=O)Nc2cc(C(=O)N[C@H]3CCCC[C@@H]3OCc3ccccc3)n(CC(=O)N[C@H]3CCCC[C@@H]3OCc3ccccc3)n2)cc1. The van der Waals surface area contributed by atoms with E-state index < -0.39 is 15.9 Å². The Kier molecular flexibility index (Phi) is 12.9. The Morgan fingerprint density at radius 2 is 1.26 bits per heavy atom. The van der Waals surface area contributed by atoms with Gasteiger partial charge in [-0.1, -0.05) is 119 Å². The number of benzene rings is 3. The number of anilines is 1. The molecule has 1 aromatic heterocycles. The van der Waals surface area contributed by atoms with E-state index in [2.05, 4.69) is 41.2 Å². The fourth-order valence-electron chi connectivity index (χ4n) is 7.21. The smallest absolute Gasteiger partial charge is 0.269 e. The highest BCUT2D eigenvalue weighted by atomic mass is 32.2. The van der Waals surface area contributed by atoms with Crippen molar-refractivity contribution in [2.24, 2.45) is 0 Å². The quantitative estimate of drug-likeness (QED) is 0.127. The Bertz CT molecular complexity index is 1940. The predicted molar refractivity (Wildman–Crippen MR) is 208 cm³/mol.